The van der Waals surface area contributed by atoms with Crippen molar-refractivity contribution in [2.45, 2.75) is 26.8 Å². The van der Waals surface area contributed by atoms with Crippen molar-refractivity contribution in [1.29, 1.82) is 0 Å². The Labute approximate surface area is 131 Å². The van der Waals surface area contributed by atoms with Gasteiger partial charge in [0.05, 0.1) is 11.4 Å². The van der Waals surface area contributed by atoms with Crippen LogP contribution in [0.2, 0.25) is 0 Å². The van der Waals surface area contributed by atoms with Gasteiger partial charge in [-0.15, -0.1) is 11.3 Å². The zero-order valence-corrected chi connectivity index (χ0v) is 13.3. The van der Waals surface area contributed by atoms with E-state index in [2.05, 4.69) is 15.3 Å². The number of nitrogens with one attached hydrogen (secondary N) is 1. The van der Waals surface area contributed by atoms with Crippen molar-refractivity contribution < 1.29 is 8.78 Å². The number of aryl methyl sites for hydroxylation is 2. The average Bonchev–Trinajstić information content (AvgIpc) is 2.78. The molecule has 22 heavy (non-hydrogen) atoms. The van der Waals surface area contributed by atoms with Gasteiger partial charge >= 0.3 is 0 Å². The zero-order chi connectivity index (χ0) is 15.9. The Hall–Kier alpha value is -2.08. The van der Waals surface area contributed by atoms with Crippen LogP contribution in [0.15, 0.2) is 24.5 Å². The molecular formula is C16H15F2N3S. The van der Waals surface area contributed by atoms with E-state index in [0.717, 1.165) is 21.8 Å². The highest BCUT2D eigenvalue weighted by Gasteiger charge is 2.15. The van der Waals surface area contributed by atoms with Crippen LogP contribution < -0.4 is 5.32 Å². The number of anilines is 1. The van der Waals surface area contributed by atoms with Crippen molar-refractivity contribution in [1.82, 2.24) is 9.97 Å². The van der Waals surface area contributed by atoms with E-state index in [-0.39, 0.29) is 6.04 Å². The molecule has 0 aliphatic heterocycles. The number of halogens is 2. The van der Waals surface area contributed by atoms with E-state index in [1.54, 1.807) is 17.4 Å². The maximum atomic E-state index is 13.4. The maximum Gasteiger partial charge on any atom is 0.159 e. The van der Waals surface area contributed by atoms with Crippen LogP contribution in [-0.2, 0) is 0 Å². The zero-order valence-electron chi connectivity index (χ0n) is 12.4. The normalized spacial score (nSPS) is 12.6. The van der Waals surface area contributed by atoms with Gasteiger partial charge < -0.3 is 5.32 Å². The largest absolute Gasteiger partial charge is 0.363 e. The molecule has 3 nitrogen and oxygen atoms in total. The number of rotatable bonds is 3. The van der Waals surface area contributed by atoms with Crippen LogP contribution in [0.5, 0.6) is 0 Å². The average molecular weight is 319 g/mol. The fourth-order valence-electron chi connectivity index (χ4n) is 2.36. The summed E-state index contributed by atoms with van der Waals surface area (Å²) < 4.78 is 26.4. The van der Waals surface area contributed by atoms with Gasteiger partial charge in [0.2, 0.25) is 0 Å². The lowest BCUT2D eigenvalue weighted by molar-refractivity contribution is 0.506. The molecular weight excluding hydrogens is 304 g/mol. The van der Waals surface area contributed by atoms with Gasteiger partial charge in [-0.2, -0.15) is 0 Å². The number of thiophene rings is 1. The Morgan fingerprint density at radius 3 is 2.64 bits per heavy atom. The molecule has 0 radical (unpaired) electrons. The number of hydrogen-bond acceptors (Lipinski definition) is 4. The molecule has 2 heterocycles. The minimum atomic E-state index is -0.846. The molecule has 2 aromatic heterocycles. The first-order chi connectivity index (χ1) is 10.5. The molecule has 0 spiro atoms. The lowest BCUT2D eigenvalue weighted by Gasteiger charge is -2.16. The summed E-state index contributed by atoms with van der Waals surface area (Å²) in [6.45, 7) is 5.96. The minimum absolute atomic E-state index is 0.201. The third-order valence-corrected chi connectivity index (χ3v) is 4.88. The highest BCUT2D eigenvalue weighted by Crippen LogP contribution is 2.33. The lowest BCUT2D eigenvalue weighted by atomic mass is 10.1. The molecule has 1 aromatic carbocycles. The van der Waals surface area contributed by atoms with E-state index in [4.69, 9.17) is 0 Å². The molecule has 6 heteroatoms. The Balaban J connectivity index is 1.97. The van der Waals surface area contributed by atoms with Gasteiger partial charge in [0, 0.05) is 4.88 Å². The first-order valence-corrected chi connectivity index (χ1v) is 7.71. The van der Waals surface area contributed by atoms with E-state index in [0.29, 0.717) is 11.4 Å². The molecule has 1 N–H and O–H groups in total. The number of nitrogens with zero attached hydrogens (tertiary/aromatic N) is 2. The Kier molecular flexibility index (Phi) is 3.78. The van der Waals surface area contributed by atoms with Crippen molar-refractivity contribution in [3.8, 4) is 0 Å². The topological polar surface area (TPSA) is 37.8 Å². The van der Waals surface area contributed by atoms with Crippen LogP contribution in [0.4, 0.5) is 14.6 Å². The Bertz CT molecular complexity index is 845. The van der Waals surface area contributed by atoms with Crippen molar-refractivity contribution >= 4 is 27.4 Å². The first-order valence-electron chi connectivity index (χ1n) is 6.89. The summed E-state index contributed by atoms with van der Waals surface area (Å²) in [5, 5.41) is 4.25. The summed E-state index contributed by atoms with van der Waals surface area (Å²) in [6, 6.07) is 3.71. The van der Waals surface area contributed by atoms with Crippen molar-refractivity contribution in [3.05, 3.63) is 52.2 Å². The van der Waals surface area contributed by atoms with E-state index >= 15 is 0 Å². The molecule has 0 saturated carbocycles. The molecule has 0 aliphatic rings. The quantitative estimate of drug-likeness (QED) is 0.756. The van der Waals surface area contributed by atoms with Gasteiger partial charge in [0.25, 0.3) is 0 Å². The molecule has 0 amide bonds. The maximum absolute atomic E-state index is 13.4. The molecule has 0 fully saturated rings. The second-order valence-electron chi connectivity index (χ2n) is 5.23. The highest BCUT2D eigenvalue weighted by molar-refractivity contribution is 7.18. The number of hydrogen-bond donors (Lipinski definition) is 1. The fourth-order valence-corrected chi connectivity index (χ4v) is 3.36. The van der Waals surface area contributed by atoms with E-state index in [1.807, 2.05) is 20.8 Å². The predicted molar refractivity (Wildman–Crippen MR) is 85.3 cm³/mol. The molecule has 114 valence electrons. The third-order valence-electron chi connectivity index (χ3n) is 3.76. The minimum Gasteiger partial charge on any atom is -0.363 e. The summed E-state index contributed by atoms with van der Waals surface area (Å²) in [7, 11) is 0. The standard InChI is InChI=1S/C16H15F2N3S/c1-8-10(3)22-16-14(8)15(19-7-20-16)21-9(2)11-4-5-12(17)13(18)6-11/h4-7,9H,1-3H3,(H,19,20,21). The monoisotopic (exact) mass is 319 g/mol. The molecule has 0 bridgehead atoms. The molecule has 1 unspecified atom stereocenters. The van der Waals surface area contributed by atoms with Crippen LogP contribution in [-0.4, -0.2) is 9.97 Å². The summed E-state index contributed by atoms with van der Waals surface area (Å²) >= 11 is 1.62. The van der Waals surface area contributed by atoms with Crippen molar-refractivity contribution in [3.63, 3.8) is 0 Å². The molecule has 1 atom stereocenters. The number of aromatic nitrogens is 2. The van der Waals surface area contributed by atoms with Gasteiger partial charge in [0.15, 0.2) is 11.6 Å². The second-order valence-corrected chi connectivity index (χ2v) is 6.43. The van der Waals surface area contributed by atoms with E-state index in [9.17, 15) is 8.78 Å². The smallest absolute Gasteiger partial charge is 0.159 e. The first kappa shape index (κ1) is 14.8. The summed E-state index contributed by atoms with van der Waals surface area (Å²) in [4.78, 5) is 10.7. The lowest BCUT2D eigenvalue weighted by Crippen LogP contribution is -2.09. The van der Waals surface area contributed by atoms with Crippen LogP contribution in [0.25, 0.3) is 10.2 Å². The van der Waals surface area contributed by atoms with Crippen LogP contribution in [0, 0.1) is 25.5 Å². The van der Waals surface area contributed by atoms with Gasteiger partial charge in [-0.3, -0.25) is 0 Å². The molecule has 3 aromatic rings. The van der Waals surface area contributed by atoms with Crippen LogP contribution >= 0.6 is 11.3 Å². The highest BCUT2D eigenvalue weighted by atomic mass is 32.1. The van der Waals surface area contributed by atoms with E-state index < -0.39 is 11.6 Å². The Morgan fingerprint density at radius 2 is 1.91 bits per heavy atom. The Morgan fingerprint density at radius 1 is 1.14 bits per heavy atom. The molecule has 0 saturated heterocycles. The van der Waals surface area contributed by atoms with Gasteiger partial charge in [0.1, 0.15) is 17.0 Å². The number of benzene rings is 1. The van der Waals surface area contributed by atoms with Gasteiger partial charge in [-0.05, 0) is 44.0 Å². The van der Waals surface area contributed by atoms with Crippen molar-refractivity contribution in [2.24, 2.45) is 0 Å². The predicted octanol–water partition coefficient (Wildman–Crippen LogP) is 4.76. The summed E-state index contributed by atoms with van der Waals surface area (Å²) in [6.07, 6.45) is 1.51. The second kappa shape index (κ2) is 5.61. The van der Waals surface area contributed by atoms with E-state index in [1.165, 1.54) is 17.3 Å². The third kappa shape index (κ3) is 2.54. The van der Waals surface area contributed by atoms with Crippen LogP contribution in [0.1, 0.15) is 29.0 Å². The van der Waals surface area contributed by atoms with Gasteiger partial charge in [-0.25, -0.2) is 18.7 Å². The fraction of sp³-hybridized carbons (Fsp3) is 0.250. The summed E-state index contributed by atoms with van der Waals surface area (Å²) in [5.41, 5.74) is 1.80. The van der Waals surface area contributed by atoms with Crippen LogP contribution in [0.3, 0.4) is 0 Å². The SMILES string of the molecule is Cc1sc2ncnc(NC(C)c3ccc(F)c(F)c3)c2c1C. The number of fused-ring (bicyclic) bond motifs is 1. The van der Waals surface area contributed by atoms with Gasteiger partial charge in [-0.1, -0.05) is 6.07 Å². The molecule has 3 rings (SSSR count). The molecule has 0 aliphatic carbocycles. The summed E-state index contributed by atoms with van der Waals surface area (Å²) in [5.74, 6) is -0.977. The van der Waals surface area contributed by atoms with Crippen molar-refractivity contribution in [2.75, 3.05) is 5.32 Å².